The highest BCUT2D eigenvalue weighted by atomic mass is 35.5. The lowest BCUT2D eigenvalue weighted by atomic mass is 10.1. The number of ether oxygens (including phenoxy) is 1. The fourth-order valence-corrected chi connectivity index (χ4v) is 1.42. The Balaban J connectivity index is 3.30. The fourth-order valence-electron chi connectivity index (χ4n) is 1.17. The molecule has 0 heterocycles. The zero-order valence-corrected chi connectivity index (χ0v) is 9.02. The summed E-state index contributed by atoms with van der Waals surface area (Å²) in [6.07, 6.45) is -4.63. The minimum atomic E-state index is -4.63. The summed E-state index contributed by atoms with van der Waals surface area (Å²) in [7, 11) is 0. The Morgan fingerprint density at radius 3 is 2.56 bits per heavy atom. The highest BCUT2D eigenvalue weighted by Gasteiger charge is 2.36. The highest BCUT2D eigenvalue weighted by Crippen LogP contribution is 2.35. The summed E-state index contributed by atoms with van der Waals surface area (Å²) >= 11 is 5.57. The van der Waals surface area contributed by atoms with Crippen molar-refractivity contribution >= 4 is 17.6 Å². The Morgan fingerprint density at radius 2 is 2.06 bits per heavy atom. The number of rotatable bonds is 2. The molecule has 0 aliphatic rings. The maximum Gasteiger partial charge on any atom is 0.417 e. The molecule has 0 spiro atoms. The Kier molecular flexibility index (Phi) is 3.80. The van der Waals surface area contributed by atoms with Crippen molar-refractivity contribution in [2.45, 2.75) is 13.1 Å². The zero-order chi connectivity index (χ0) is 12.3. The molecule has 6 heteroatoms. The predicted octanol–water partition coefficient (Wildman–Crippen LogP) is 3.54. The number of halogens is 4. The zero-order valence-electron chi connectivity index (χ0n) is 8.27. The maximum absolute atomic E-state index is 12.6. The van der Waals surface area contributed by atoms with Gasteiger partial charge in [-0.2, -0.15) is 13.2 Å². The molecule has 0 atom stereocenters. The van der Waals surface area contributed by atoms with Gasteiger partial charge in [-0.1, -0.05) is 17.7 Å². The van der Waals surface area contributed by atoms with Crippen LogP contribution in [0.1, 0.15) is 22.8 Å². The summed E-state index contributed by atoms with van der Waals surface area (Å²) in [6, 6.07) is 3.13. The van der Waals surface area contributed by atoms with Gasteiger partial charge in [-0.05, 0) is 19.1 Å². The number of alkyl halides is 3. The molecule has 0 amide bonds. The molecule has 0 saturated carbocycles. The molecule has 0 unspecified atom stereocenters. The summed E-state index contributed by atoms with van der Waals surface area (Å²) < 4.78 is 42.2. The third-order valence-electron chi connectivity index (χ3n) is 1.80. The number of carbonyl (C=O) groups is 1. The van der Waals surface area contributed by atoms with Crippen LogP contribution in [-0.2, 0) is 10.9 Å². The Labute approximate surface area is 95.0 Å². The van der Waals surface area contributed by atoms with Gasteiger partial charge in [0.1, 0.15) is 0 Å². The van der Waals surface area contributed by atoms with Gasteiger partial charge in [0.15, 0.2) is 0 Å². The van der Waals surface area contributed by atoms with E-state index in [1.165, 1.54) is 13.0 Å². The van der Waals surface area contributed by atoms with Gasteiger partial charge >= 0.3 is 12.1 Å². The normalized spacial score (nSPS) is 11.3. The van der Waals surface area contributed by atoms with Crippen molar-refractivity contribution in [1.29, 1.82) is 0 Å². The van der Waals surface area contributed by atoms with Crippen LogP contribution in [0.4, 0.5) is 13.2 Å². The predicted molar refractivity (Wildman–Crippen MR) is 52.4 cm³/mol. The van der Waals surface area contributed by atoms with Crippen LogP contribution in [0, 0.1) is 0 Å². The van der Waals surface area contributed by atoms with Crippen LogP contribution in [0.5, 0.6) is 0 Å². The van der Waals surface area contributed by atoms with Crippen molar-refractivity contribution in [3.05, 3.63) is 34.3 Å². The molecule has 0 saturated heterocycles. The van der Waals surface area contributed by atoms with Gasteiger partial charge in [-0.15, -0.1) is 0 Å². The Hall–Kier alpha value is -1.23. The van der Waals surface area contributed by atoms with Gasteiger partial charge in [0.2, 0.25) is 0 Å². The van der Waals surface area contributed by atoms with Crippen LogP contribution in [0.3, 0.4) is 0 Å². The Morgan fingerprint density at radius 1 is 1.44 bits per heavy atom. The topological polar surface area (TPSA) is 26.3 Å². The lowest BCUT2D eigenvalue weighted by molar-refractivity contribution is -0.138. The molecule has 0 aliphatic carbocycles. The monoisotopic (exact) mass is 252 g/mol. The fraction of sp³-hybridized carbons (Fsp3) is 0.300. The lowest BCUT2D eigenvalue weighted by Crippen LogP contribution is -2.15. The summed E-state index contributed by atoms with van der Waals surface area (Å²) in [5, 5.41) is -0.270. The van der Waals surface area contributed by atoms with Gasteiger partial charge in [0.05, 0.1) is 22.8 Å². The lowest BCUT2D eigenvalue weighted by Gasteiger charge is -2.12. The molecular formula is C10H8ClF3O2. The number of hydrogen-bond donors (Lipinski definition) is 0. The van der Waals surface area contributed by atoms with Crippen LogP contribution in [0.2, 0.25) is 5.02 Å². The van der Waals surface area contributed by atoms with Crippen molar-refractivity contribution < 1.29 is 22.7 Å². The number of carbonyl (C=O) groups excluding carboxylic acids is 1. The van der Waals surface area contributed by atoms with E-state index in [0.717, 1.165) is 12.1 Å². The second-order valence-corrected chi connectivity index (χ2v) is 3.29. The number of hydrogen-bond acceptors (Lipinski definition) is 2. The molecule has 0 aliphatic heterocycles. The average molecular weight is 253 g/mol. The highest BCUT2D eigenvalue weighted by molar-refractivity contribution is 6.33. The van der Waals surface area contributed by atoms with E-state index < -0.39 is 23.3 Å². The largest absolute Gasteiger partial charge is 0.462 e. The molecule has 0 radical (unpaired) electrons. The average Bonchev–Trinajstić information content (AvgIpc) is 2.16. The minimum absolute atomic E-state index is 0.0125. The second kappa shape index (κ2) is 4.74. The van der Waals surface area contributed by atoms with E-state index in [9.17, 15) is 18.0 Å². The molecule has 0 N–H and O–H groups in total. The van der Waals surface area contributed by atoms with Gasteiger partial charge in [-0.3, -0.25) is 0 Å². The van der Waals surface area contributed by atoms with Crippen molar-refractivity contribution in [3.8, 4) is 0 Å². The van der Waals surface area contributed by atoms with Crippen molar-refractivity contribution in [2.24, 2.45) is 0 Å². The van der Waals surface area contributed by atoms with E-state index in [1.54, 1.807) is 0 Å². The summed E-state index contributed by atoms with van der Waals surface area (Å²) in [4.78, 5) is 11.3. The molecule has 0 aromatic heterocycles. The third-order valence-corrected chi connectivity index (χ3v) is 2.11. The molecule has 1 aromatic carbocycles. The van der Waals surface area contributed by atoms with Gasteiger partial charge in [-0.25, -0.2) is 4.79 Å². The molecule has 16 heavy (non-hydrogen) atoms. The van der Waals surface area contributed by atoms with Gasteiger partial charge < -0.3 is 4.74 Å². The molecular weight excluding hydrogens is 245 g/mol. The van der Waals surface area contributed by atoms with Gasteiger partial charge in [0.25, 0.3) is 0 Å². The molecule has 1 rings (SSSR count). The van der Waals surface area contributed by atoms with Gasteiger partial charge in [0, 0.05) is 0 Å². The summed E-state index contributed by atoms with van der Waals surface area (Å²) in [6.45, 7) is 1.49. The number of esters is 1. The first-order chi connectivity index (χ1) is 7.38. The third kappa shape index (κ3) is 2.66. The van der Waals surface area contributed by atoms with E-state index in [0.29, 0.717) is 0 Å². The molecule has 0 bridgehead atoms. The Bertz CT molecular complexity index is 402. The van der Waals surface area contributed by atoms with Crippen molar-refractivity contribution in [1.82, 2.24) is 0 Å². The van der Waals surface area contributed by atoms with Crippen molar-refractivity contribution in [2.75, 3.05) is 6.61 Å². The van der Waals surface area contributed by atoms with E-state index in [4.69, 9.17) is 11.6 Å². The first-order valence-electron chi connectivity index (χ1n) is 4.40. The first kappa shape index (κ1) is 12.8. The smallest absolute Gasteiger partial charge is 0.417 e. The SMILES string of the molecule is CCOC(=O)c1c(Cl)cccc1C(F)(F)F. The van der Waals surface area contributed by atoms with E-state index in [-0.39, 0.29) is 11.6 Å². The quantitative estimate of drug-likeness (QED) is 0.753. The summed E-state index contributed by atoms with van der Waals surface area (Å²) in [5.74, 6) is -1.07. The molecule has 88 valence electrons. The van der Waals surface area contributed by atoms with Crippen molar-refractivity contribution in [3.63, 3.8) is 0 Å². The van der Waals surface area contributed by atoms with Crippen LogP contribution in [-0.4, -0.2) is 12.6 Å². The van der Waals surface area contributed by atoms with Crippen LogP contribution < -0.4 is 0 Å². The molecule has 2 nitrogen and oxygen atoms in total. The molecule has 0 fully saturated rings. The summed E-state index contributed by atoms with van der Waals surface area (Å²) in [5.41, 5.74) is -1.73. The van der Waals surface area contributed by atoms with E-state index in [1.807, 2.05) is 0 Å². The number of benzene rings is 1. The van der Waals surface area contributed by atoms with Crippen LogP contribution in [0.25, 0.3) is 0 Å². The second-order valence-electron chi connectivity index (χ2n) is 2.88. The molecule has 1 aromatic rings. The minimum Gasteiger partial charge on any atom is -0.462 e. The maximum atomic E-state index is 12.6. The van der Waals surface area contributed by atoms with E-state index >= 15 is 0 Å². The van der Waals surface area contributed by atoms with Crippen LogP contribution in [0.15, 0.2) is 18.2 Å². The first-order valence-corrected chi connectivity index (χ1v) is 4.78. The van der Waals surface area contributed by atoms with Crippen LogP contribution >= 0.6 is 11.6 Å². The standard InChI is InChI=1S/C10H8ClF3O2/c1-2-16-9(15)8-6(10(12,13)14)4-3-5-7(8)11/h3-5H,2H2,1H3. The van der Waals surface area contributed by atoms with E-state index in [2.05, 4.69) is 4.74 Å².